The summed E-state index contributed by atoms with van der Waals surface area (Å²) in [6.07, 6.45) is -3.33. The van der Waals surface area contributed by atoms with Gasteiger partial charge in [0.05, 0.1) is 6.54 Å². The minimum atomic E-state index is -4.12. The highest BCUT2D eigenvalue weighted by atomic mass is 79.9. The number of hydrogen-bond acceptors (Lipinski definition) is 2. The number of halogens is 4. The van der Waals surface area contributed by atoms with E-state index in [1.807, 2.05) is 18.4 Å². The molecular formula is C10H13BrF3NS. The van der Waals surface area contributed by atoms with Crippen LogP contribution in [0.5, 0.6) is 0 Å². The maximum atomic E-state index is 11.9. The molecule has 0 aliphatic carbocycles. The molecule has 6 heteroatoms. The molecule has 0 fully saturated rings. The third-order valence-corrected chi connectivity index (χ3v) is 3.99. The number of alkyl halides is 3. The van der Waals surface area contributed by atoms with Gasteiger partial charge in [0, 0.05) is 9.35 Å². The minimum absolute atomic E-state index is 0.192. The molecule has 1 atom stereocenters. The summed E-state index contributed by atoms with van der Waals surface area (Å²) < 4.78 is 36.7. The fraction of sp³-hybridized carbons (Fsp3) is 0.600. The smallest absolute Gasteiger partial charge is 0.308 e. The summed E-state index contributed by atoms with van der Waals surface area (Å²) in [6.45, 7) is 1.41. The molecule has 1 aromatic rings. The van der Waals surface area contributed by atoms with Crippen molar-refractivity contribution in [2.75, 3.05) is 13.1 Å². The van der Waals surface area contributed by atoms with Gasteiger partial charge in [0.2, 0.25) is 0 Å². The molecule has 16 heavy (non-hydrogen) atoms. The first-order valence-corrected chi connectivity index (χ1v) is 6.55. The van der Waals surface area contributed by atoms with Crippen LogP contribution in [-0.2, 0) is 6.42 Å². The van der Waals surface area contributed by atoms with Gasteiger partial charge in [0.25, 0.3) is 0 Å². The summed E-state index contributed by atoms with van der Waals surface area (Å²) in [4.78, 5) is 1.18. The average Bonchev–Trinajstić information content (AvgIpc) is 2.49. The Bertz CT molecular complexity index is 324. The zero-order valence-electron chi connectivity index (χ0n) is 8.77. The third kappa shape index (κ3) is 5.32. The van der Waals surface area contributed by atoms with Gasteiger partial charge in [-0.3, -0.25) is 0 Å². The van der Waals surface area contributed by atoms with Crippen LogP contribution < -0.4 is 5.32 Å². The SMILES string of the molecule is CC(CNCC(F)(F)F)Cc1sccc1Br. The molecular weight excluding hydrogens is 303 g/mol. The lowest BCUT2D eigenvalue weighted by Crippen LogP contribution is -2.32. The molecule has 0 radical (unpaired) electrons. The van der Waals surface area contributed by atoms with Crippen molar-refractivity contribution in [2.24, 2.45) is 5.92 Å². The second-order valence-electron chi connectivity index (χ2n) is 3.75. The Hall–Kier alpha value is -0.0700. The van der Waals surface area contributed by atoms with E-state index in [0.717, 1.165) is 10.9 Å². The van der Waals surface area contributed by atoms with Crippen molar-refractivity contribution in [2.45, 2.75) is 19.5 Å². The van der Waals surface area contributed by atoms with Gasteiger partial charge in [0.1, 0.15) is 0 Å². The molecule has 0 aliphatic heterocycles. The van der Waals surface area contributed by atoms with E-state index in [1.165, 1.54) is 4.88 Å². The highest BCUT2D eigenvalue weighted by Gasteiger charge is 2.26. The first kappa shape index (κ1) is 14.0. The van der Waals surface area contributed by atoms with Gasteiger partial charge in [0.15, 0.2) is 0 Å². The Morgan fingerprint density at radius 2 is 2.19 bits per heavy atom. The second kappa shape index (κ2) is 6.02. The van der Waals surface area contributed by atoms with Crippen LogP contribution in [0.3, 0.4) is 0 Å². The molecule has 0 amide bonds. The molecule has 1 unspecified atom stereocenters. The Labute approximate surface area is 105 Å². The van der Waals surface area contributed by atoms with Crippen LogP contribution in [0.25, 0.3) is 0 Å². The van der Waals surface area contributed by atoms with E-state index in [9.17, 15) is 13.2 Å². The van der Waals surface area contributed by atoms with Gasteiger partial charge in [-0.05, 0) is 46.3 Å². The fourth-order valence-corrected chi connectivity index (χ4v) is 3.00. The lowest BCUT2D eigenvalue weighted by molar-refractivity contribution is -0.125. The summed E-state index contributed by atoms with van der Waals surface area (Å²) in [5.41, 5.74) is 0. The number of thiophene rings is 1. The van der Waals surface area contributed by atoms with Crippen molar-refractivity contribution in [1.82, 2.24) is 5.32 Å². The predicted octanol–water partition coefficient (Wildman–Crippen LogP) is 3.84. The van der Waals surface area contributed by atoms with Crippen molar-refractivity contribution >= 4 is 27.3 Å². The van der Waals surface area contributed by atoms with E-state index in [-0.39, 0.29) is 5.92 Å². The van der Waals surface area contributed by atoms with Gasteiger partial charge in [-0.15, -0.1) is 11.3 Å². The lowest BCUT2D eigenvalue weighted by atomic mass is 10.1. The molecule has 0 saturated heterocycles. The van der Waals surface area contributed by atoms with Crippen LogP contribution in [0.15, 0.2) is 15.9 Å². The zero-order valence-corrected chi connectivity index (χ0v) is 11.2. The Morgan fingerprint density at radius 3 is 2.69 bits per heavy atom. The topological polar surface area (TPSA) is 12.0 Å². The quantitative estimate of drug-likeness (QED) is 0.870. The lowest BCUT2D eigenvalue weighted by Gasteiger charge is -2.13. The molecule has 0 bridgehead atoms. The monoisotopic (exact) mass is 315 g/mol. The van der Waals surface area contributed by atoms with Crippen LogP contribution in [0.4, 0.5) is 13.2 Å². The molecule has 0 aliphatic rings. The number of rotatable bonds is 5. The normalized spacial score (nSPS) is 14.1. The van der Waals surface area contributed by atoms with Crippen LogP contribution in [-0.4, -0.2) is 19.3 Å². The molecule has 1 heterocycles. The van der Waals surface area contributed by atoms with Crippen LogP contribution in [0.2, 0.25) is 0 Å². The summed E-state index contributed by atoms with van der Waals surface area (Å²) in [5, 5.41) is 4.39. The summed E-state index contributed by atoms with van der Waals surface area (Å²) in [7, 11) is 0. The fourth-order valence-electron chi connectivity index (χ4n) is 1.32. The molecule has 1 aromatic heterocycles. The molecule has 92 valence electrons. The van der Waals surface area contributed by atoms with E-state index in [0.29, 0.717) is 6.54 Å². The molecule has 0 saturated carbocycles. The second-order valence-corrected chi connectivity index (χ2v) is 5.60. The molecule has 0 spiro atoms. The minimum Gasteiger partial charge on any atom is -0.308 e. The predicted molar refractivity (Wildman–Crippen MR) is 63.8 cm³/mol. The third-order valence-electron chi connectivity index (χ3n) is 2.04. The highest BCUT2D eigenvalue weighted by molar-refractivity contribution is 9.10. The van der Waals surface area contributed by atoms with Gasteiger partial charge >= 0.3 is 6.18 Å². The van der Waals surface area contributed by atoms with E-state index in [4.69, 9.17) is 0 Å². The van der Waals surface area contributed by atoms with Gasteiger partial charge in [-0.25, -0.2) is 0 Å². The van der Waals surface area contributed by atoms with Gasteiger partial charge in [-0.1, -0.05) is 6.92 Å². The van der Waals surface area contributed by atoms with Crippen molar-refractivity contribution in [3.8, 4) is 0 Å². The van der Waals surface area contributed by atoms with Crippen LogP contribution in [0, 0.1) is 5.92 Å². The average molecular weight is 316 g/mol. The molecule has 1 N–H and O–H groups in total. The summed E-state index contributed by atoms with van der Waals surface area (Å²) in [6, 6.07) is 1.95. The molecule has 0 aromatic carbocycles. The maximum Gasteiger partial charge on any atom is 0.401 e. The van der Waals surface area contributed by atoms with E-state index in [2.05, 4.69) is 21.2 Å². The van der Waals surface area contributed by atoms with Gasteiger partial charge in [-0.2, -0.15) is 13.2 Å². The Balaban J connectivity index is 2.26. The van der Waals surface area contributed by atoms with Crippen molar-refractivity contribution < 1.29 is 13.2 Å². The number of hydrogen-bond donors (Lipinski definition) is 1. The first-order chi connectivity index (χ1) is 7.38. The van der Waals surface area contributed by atoms with E-state index in [1.54, 1.807) is 11.3 Å². The summed E-state index contributed by atoms with van der Waals surface area (Å²) >= 11 is 5.02. The maximum absolute atomic E-state index is 11.9. The number of nitrogens with one attached hydrogen (secondary N) is 1. The van der Waals surface area contributed by atoms with Crippen LogP contribution >= 0.6 is 27.3 Å². The van der Waals surface area contributed by atoms with E-state index < -0.39 is 12.7 Å². The van der Waals surface area contributed by atoms with Gasteiger partial charge < -0.3 is 5.32 Å². The van der Waals surface area contributed by atoms with E-state index >= 15 is 0 Å². The molecule has 1 nitrogen and oxygen atoms in total. The first-order valence-electron chi connectivity index (χ1n) is 4.88. The zero-order chi connectivity index (χ0) is 12.2. The van der Waals surface area contributed by atoms with Crippen LogP contribution in [0.1, 0.15) is 11.8 Å². The highest BCUT2D eigenvalue weighted by Crippen LogP contribution is 2.25. The standard InChI is InChI=1S/C10H13BrF3NS/c1-7(5-15-6-10(12,13)14)4-9-8(11)2-3-16-9/h2-3,7,15H,4-6H2,1H3. The Kier molecular flexibility index (Phi) is 5.27. The molecule has 1 rings (SSSR count). The summed E-state index contributed by atoms with van der Waals surface area (Å²) in [5.74, 6) is 0.192. The van der Waals surface area contributed by atoms with Crippen molar-refractivity contribution in [3.63, 3.8) is 0 Å². The van der Waals surface area contributed by atoms with Crippen molar-refractivity contribution in [3.05, 3.63) is 20.8 Å². The largest absolute Gasteiger partial charge is 0.401 e. The Morgan fingerprint density at radius 1 is 1.50 bits per heavy atom. The van der Waals surface area contributed by atoms with Crippen molar-refractivity contribution in [1.29, 1.82) is 0 Å².